The molecule has 0 aliphatic carbocycles. The Kier molecular flexibility index (Phi) is 4.87. The van der Waals surface area contributed by atoms with E-state index < -0.39 is 6.10 Å². The highest BCUT2D eigenvalue weighted by Gasteiger charge is 2.25. The lowest BCUT2D eigenvalue weighted by Crippen LogP contribution is -2.41. The van der Waals surface area contributed by atoms with Gasteiger partial charge in [-0.1, -0.05) is 44.2 Å². The van der Waals surface area contributed by atoms with Gasteiger partial charge in [0.05, 0.1) is 0 Å². The molecule has 0 aromatic heterocycles. The molecule has 100 valence electrons. The zero-order valence-electron chi connectivity index (χ0n) is 11.3. The number of aliphatic hydroxyl groups excluding tert-OH is 1. The highest BCUT2D eigenvalue weighted by Crippen LogP contribution is 2.19. The van der Waals surface area contributed by atoms with Crippen LogP contribution in [0.2, 0.25) is 0 Å². The first-order valence-electron chi connectivity index (χ1n) is 6.05. The summed E-state index contributed by atoms with van der Waals surface area (Å²) in [5.74, 6) is -0.303. The van der Waals surface area contributed by atoms with Crippen molar-refractivity contribution in [2.45, 2.75) is 20.0 Å². The quantitative estimate of drug-likeness (QED) is 0.824. The summed E-state index contributed by atoms with van der Waals surface area (Å²) in [5, 5.41) is 10.0. The summed E-state index contributed by atoms with van der Waals surface area (Å²) in [5.41, 5.74) is 6.10. The number of amides is 1. The molecule has 1 aromatic rings. The van der Waals surface area contributed by atoms with Crippen molar-refractivity contribution in [3.05, 3.63) is 35.9 Å². The van der Waals surface area contributed by atoms with Crippen molar-refractivity contribution in [1.82, 2.24) is 4.90 Å². The Hall–Kier alpha value is -1.39. The first kappa shape index (κ1) is 14.7. The van der Waals surface area contributed by atoms with E-state index >= 15 is 0 Å². The molecule has 0 aliphatic heterocycles. The molecule has 18 heavy (non-hydrogen) atoms. The number of nitrogens with two attached hydrogens (primary N) is 1. The van der Waals surface area contributed by atoms with Crippen LogP contribution < -0.4 is 5.73 Å². The molecule has 0 radical (unpaired) electrons. The molecule has 0 saturated carbocycles. The molecule has 4 nitrogen and oxygen atoms in total. The van der Waals surface area contributed by atoms with Gasteiger partial charge in [-0.3, -0.25) is 4.79 Å². The largest absolute Gasteiger partial charge is 0.378 e. The number of benzene rings is 1. The molecule has 1 unspecified atom stereocenters. The highest BCUT2D eigenvalue weighted by atomic mass is 16.3. The van der Waals surface area contributed by atoms with Crippen molar-refractivity contribution in [1.29, 1.82) is 0 Å². The van der Waals surface area contributed by atoms with E-state index in [0.717, 1.165) is 0 Å². The van der Waals surface area contributed by atoms with Crippen LogP contribution in [-0.2, 0) is 4.79 Å². The van der Waals surface area contributed by atoms with Crippen molar-refractivity contribution in [3.8, 4) is 0 Å². The van der Waals surface area contributed by atoms with Gasteiger partial charge in [0.1, 0.15) is 0 Å². The number of likely N-dealkylation sites (N-methyl/N-ethyl adjacent to an activating group) is 1. The number of nitrogens with zero attached hydrogens (tertiary/aromatic N) is 1. The molecule has 3 N–H and O–H groups in total. The molecule has 0 saturated heterocycles. The van der Waals surface area contributed by atoms with Gasteiger partial charge in [0.25, 0.3) is 5.91 Å². The maximum absolute atomic E-state index is 12.1. The first-order chi connectivity index (χ1) is 8.37. The van der Waals surface area contributed by atoms with Crippen LogP contribution in [0.5, 0.6) is 0 Å². The third kappa shape index (κ3) is 3.82. The van der Waals surface area contributed by atoms with Crippen LogP contribution in [0.25, 0.3) is 0 Å². The molecule has 0 spiro atoms. The van der Waals surface area contributed by atoms with Crippen molar-refractivity contribution < 1.29 is 9.90 Å². The van der Waals surface area contributed by atoms with Gasteiger partial charge >= 0.3 is 0 Å². The maximum Gasteiger partial charge on any atom is 0.255 e. The second-order valence-electron chi connectivity index (χ2n) is 5.38. The number of carbonyl (C=O) groups is 1. The van der Waals surface area contributed by atoms with Gasteiger partial charge in [0, 0.05) is 13.6 Å². The minimum atomic E-state index is -1.11. The second kappa shape index (κ2) is 5.98. The number of aliphatic hydroxyl groups is 1. The third-order valence-corrected chi connectivity index (χ3v) is 2.94. The fraction of sp³-hybridized carbons (Fsp3) is 0.500. The Labute approximate surface area is 108 Å². The standard InChI is InChI=1S/C14H22N2O2/c1-14(2,9-15)10-16(3)13(18)12(17)11-7-5-4-6-8-11/h4-8,12,17H,9-10,15H2,1-3H3. The van der Waals surface area contributed by atoms with Crippen molar-refractivity contribution in [2.24, 2.45) is 11.1 Å². The van der Waals surface area contributed by atoms with Crippen LogP contribution in [-0.4, -0.2) is 36.1 Å². The molecule has 1 rings (SSSR count). The molecule has 4 heteroatoms. The van der Waals surface area contributed by atoms with Crippen LogP contribution in [0.1, 0.15) is 25.5 Å². The molecule has 0 bridgehead atoms. The molecule has 1 atom stereocenters. The minimum absolute atomic E-state index is 0.152. The molecule has 1 amide bonds. The average Bonchev–Trinajstić information content (AvgIpc) is 2.37. The van der Waals surface area contributed by atoms with Gasteiger partial charge in [0.2, 0.25) is 0 Å². The smallest absolute Gasteiger partial charge is 0.255 e. The van der Waals surface area contributed by atoms with Gasteiger partial charge in [-0.05, 0) is 17.5 Å². The van der Waals surface area contributed by atoms with Gasteiger partial charge < -0.3 is 15.7 Å². The van der Waals surface area contributed by atoms with Gasteiger partial charge in [-0.15, -0.1) is 0 Å². The third-order valence-electron chi connectivity index (χ3n) is 2.94. The van der Waals surface area contributed by atoms with E-state index in [2.05, 4.69) is 0 Å². The van der Waals surface area contributed by atoms with Crippen LogP contribution in [0, 0.1) is 5.41 Å². The summed E-state index contributed by atoms with van der Waals surface area (Å²) < 4.78 is 0. The predicted molar refractivity (Wildman–Crippen MR) is 71.9 cm³/mol. The van der Waals surface area contributed by atoms with Crippen LogP contribution in [0.4, 0.5) is 0 Å². The fourth-order valence-corrected chi connectivity index (χ4v) is 1.77. The monoisotopic (exact) mass is 250 g/mol. The number of rotatable bonds is 5. The van der Waals surface area contributed by atoms with E-state index in [9.17, 15) is 9.90 Å². The van der Waals surface area contributed by atoms with E-state index in [4.69, 9.17) is 5.73 Å². The van der Waals surface area contributed by atoms with E-state index in [1.807, 2.05) is 19.9 Å². The Balaban J connectivity index is 2.70. The molecule has 0 fully saturated rings. The van der Waals surface area contributed by atoms with Crippen LogP contribution in [0.3, 0.4) is 0 Å². The number of hydrogen-bond acceptors (Lipinski definition) is 3. The Morgan fingerprint density at radius 2 is 1.94 bits per heavy atom. The average molecular weight is 250 g/mol. The Bertz CT molecular complexity index is 390. The summed E-state index contributed by atoms with van der Waals surface area (Å²) in [4.78, 5) is 13.6. The molecule has 0 aliphatic rings. The summed E-state index contributed by atoms with van der Waals surface area (Å²) in [6.07, 6.45) is -1.11. The number of hydrogen-bond donors (Lipinski definition) is 2. The van der Waals surface area contributed by atoms with E-state index in [1.54, 1.807) is 31.3 Å². The van der Waals surface area contributed by atoms with Crippen LogP contribution >= 0.6 is 0 Å². The van der Waals surface area contributed by atoms with Crippen molar-refractivity contribution >= 4 is 5.91 Å². The summed E-state index contributed by atoms with van der Waals surface area (Å²) in [7, 11) is 1.69. The fourth-order valence-electron chi connectivity index (χ4n) is 1.77. The lowest BCUT2D eigenvalue weighted by Gasteiger charge is -2.30. The van der Waals surface area contributed by atoms with Gasteiger partial charge in [-0.25, -0.2) is 0 Å². The van der Waals surface area contributed by atoms with E-state index in [-0.39, 0.29) is 11.3 Å². The summed E-state index contributed by atoms with van der Waals surface area (Å²) in [6.45, 7) is 5.00. The lowest BCUT2D eigenvalue weighted by atomic mass is 9.93. The number of carbonyl (C=O) groups excluding carboxylic acids is 1. The Morgan fingerprint density at radius 3 is 2.44 bits per heavy atom. The summed E-state index contributed by atoms with van der Waals surface area (Å²) >= 11 is 0. The maximum atomic E-state index is 12.1. The summed E-state index contributed by atoms with van der Waals surface area (Å²) in [6, 6.07) is 8.93. The molecule has 1 aromatic carbocycles. The lowest BCUT2D eigenvalue weighted by molar-refractivity contribution is -0.140. The zero-order chi connectivity index (χ0) is 13.8. The predicted octanol–water partition coefficient (Wildman–Crippen LogP) is 1.16. The molecular formula is C14H22N2O2. The van der Waals surface area contributed by atoms with Crippen molar-refractivity contribution in [3.63, 3.8) is 0 Å². The van der Waals surface area contributed by atoms with Gasteiger partial charge in [-0.2, -0.15) is 0 Å². The first-order valence-corrected chi connectivity index (χ1v) is 6.05. The van der Waals surface area contributed by atoms with Crippen LogP contribution in [0.15, 0.2) is 30.3 Å². The second-order valence-corrected chi connectivity index (χ2v) is 5.38. The SMILES string of the molecule is CN(CC(C)(C)CN)C(=O)C(O)c1ccccc1. The van der Waals surface area contributed by atoms with Gasteiger partial charge in [0.15, 0.2) is 6.10 Å². The Morgan fingerprint density at radius 1 is 1.39 bits per heavy atom. The van der Waals surface area contributed by atoms with E-state index in [1.165, 1.54) is 4.90 Å². The van der Waals surface area contributed by atoms with E-state index in [0.29, 0.717) is 18.7 Å². The normalized spacial score (nSPS) is 13.2. The zero-order valence-corrected chi connectivity index (χ0v) is 11.3. The van der Waals surface area contributed by atoms with Crippen molar-refractivity contribution in [2.75, 3.05) is 20.1 Å². The molecule has 0 heterocycles. The molecular weight excluding hydrogens is 228 g/mol. The topological polar surface area (TPSA) is 66.6 Å². The minimum Gasteiger partial charge on any atom is -0.378 e. The highest BCUT2D eigenvalue weighted by molar-refractivity contribution is 5.81.